The molecule has 0 aliphatic heterocycles. The quantitative estimate of drug-likeness (QED) is 0.705. The number of carbonyl (C=O) groups excluding carboxylic acids is 1. The van der Waals surface area contributed by atoms with Gasteiger partial charge in [-0.2, -0.15) is 0 Å². The first-order valence-corrected chi connectivity index (χ1v) is 5.85. The van der Waals surface area contributed by atoms with Gasteiger partial charge in [0.25, 0.3) is 0 Å². The smallest absolute Gasteiger partial charge is 0.215 e. The Kier molecular flexibility index (Phi) is 3.06. The molecule has 2 aromatic rings. The molecular formula is C15H16BO. The minimum atomic E-state index is -0.0806. The third kappa shape index (κ3) is 2.97. The molecule has 0 aromatic heterocycles. The van der Waals surface area contributed by atoms with Crippen molar-refractivity contribution in [2.45, 2.75) is 26.1 Å². The predicted molar refractivity (Wildman–Crippen MR) is 73.7 cm³/mol. The van der Waals surface area contributed by atoms with E-state index in [1.165, 1.54) is 5.39 Å². The van der Waals surface area contributed by atoms with Gasteiger partial charge in [-0.05, 0) is 16.8 Å². The maximum atomic E-state index is 12.0. The van der Waals surface area contributed by atoms with E-state index in [1.54, 1.807) is 7.28 Å². The lowest BCUT2D eigenvalue weighted by atomic mass is 9.51. The second-order valence-corrected chi connectivity index (χ2v) is 5.44. The second kappa shape index (κ2) is 4.36. The van der Waals surface area contributed by atoms with E-state index in [0.29, 0.717) is 0 Å². The molecule has 17 heavy (non-hydrogen) atoms. The Morgan fingerprint density at radius 1 is 1.00 bits per heavy atom. The Bertz CT molecular complexity index is 552. The summed E-state index contributed by atoms with van der Waals surface area (Å²) in [5.41, 5.74) is 0.863. The van der Waals surface area contributed by atoms with Crippen LogP contribution in [-0.2, 0) is 0 Å². The van der Waals surface area contributed by atoms with Crippen LogP contribution in [0.25, 0.3) is 10.8 Å². The maximum Gasteiger partial charge on any atom is 0.215 e. The number of rotatable bonds is 2. The van der Waals surface area contributed by atoms with Crippen molar-refractivity contribution in [1.82, 2.24) is 0 Å². The third-order valence-electron chi connectivity index (χ3n) is 2.60. The van der Waals surface area contributed by atoms with Gasteiger partial charge in [0.2, 0.25) is 7.28 Å². The Morgan fingerprint density at radius 2 is 1.65 bits per heavy atom. The van der Waals surface area contributed by atoms with Crippen LogP contribution in [0.1, 0.15) is 31.1 Å². The molecule has 0 spiro atoms. The number of hydrogen-bond donors (Lipinski definition) is 0. The molecule has 1 nitrogen and oxygen atoms in total. The van der Waals surface area contributed by atoms with E-state index in [4.69, 9.17) is 0 Å². The fourth-order valence-corrected chi connectivity index (χ4v) is 1.82. The molecule has 85 valence electrons. The zero-order valence-corrected chi connectivity index (χ0v) is 10.5. The Labute approximate surface area is 103 Å². The topological polar surface area (TPSA) is 17.1 Å². The van der Waals surface area contributed by atoms with E-state index < -0.39 is 0 Å². The Hall–Kier alpha value is -1.57. The van der Waals surface area contributed by atoms with E-state index in [2.05, 4.69) is 6.07 Å². The molecule has 0 aliphatic carbocycles. The zero-order chi connectivity index (χ0) is 12.5. The van der Waals surface area contributed by atoms with E-state index in [0.717, 1.165) is 10.9 Å². The highest BCUT2D eigenvalue weighted by Crippen LogP contribution is 2.23. The van der Waals surface area contributed by atoms with Gasteiger partial charge in [-0.3, -0.25) is 0 Å². The van der Waals surface area contributed by atoms with E-state index >= 15 is 0 Å². The first-order chi connectivity index (χ1) is 7.96. The molecule has 0 aliphatic rings. The van der Waals surface area contributed by atoms with Crippen molar-refractivity contribution in [2.75, 3.05) is 0 Å². The fraction of sp³-hybridized carbons (Fsp3) is 0.267. The summed E-state index contributed by atoms with van der Waals surface area (Å²) in [5, 5.41) is 2.20. The highest BCUT2D eigenvalue weighted by Gasteiger charge is 2.19. The molecule has 2 aromatic carbocycles. The average Bonchev–Trinajstić information content (AvgIpc) is 2.26. The number of hydrogen-bond acceptors (Lipinski definition) is 1. The lowest BCUT2D eigenvalue weighted by Gasteiger charge is -2.15. The molecule has 0 saturated carbocycles. The minimum absolute atomic E-state index is 0.0806. The van der Waals surface area contributed by atoms with Gasteiger partial charge in [0, 0.05) is 5.56 Å². The zero-order valence-electron chi connectivity index (χ0n) is 10.5. The molecule has 1 radical (unpaired) electrons. The van der Waals surface area contributed by atoms with Crippen molar-refractivity contribution in [3.63, 3.8) is 0 Å². The Morgan fingerprint density at radius 3 is 2.29 bits per heavy atom. The summed E-state index contributed by atoms with van der Waals surface area (Å²) < 4.78 is 0. The molecule has 0 fully saturated rings. The fourth-order valence-electron chi connectivity index (χ4n) is 1.82. The van der Waals surface area contributed by atoms with Gasteiger partial charge < -0.3 is 4.79 Å². The van der Waals surface area contributed by atoms with Crippen LogP contribution >= 0.6 is 0 Å². The molecule has 0 saturated heterocycles. The molecule has 2 rings (SSSR count). The number of benzene rings is 2. The second-order valence-electron chi connectivity index (χ2n) is 5.44. The van der Waals surface area contributed by atoms with Crippen LogP contribution in [0.2, 0.25) is 5.31 Å². The molecule has 0 amide bonds. The van der Waals surface area contributed by atoms with Crippen LogP contribution in [-0.4, -0.2) is 13.0 Å². The van der Waals surface area contributed by atoms with Crippen LogP contribution in [0.15, 0.2) is 42.5 Å². The van der Waals surface area contributed by atoms with Gasteiger partial charge in [0.1, 0.15) is 5.68 Å². The predicted octanol–water partition coefficient (Wildman–Crippen LogP) is 3.90. The van der Waals surface area contributed by atoms with Gasteiger partial charge in [0.15, 0.2) is 0 Å². The summed E-state index contributed by atoms with van der Waals surface area (Å²) in [6.07, 6.45) is 0. The minimum Gasteiger partial charge on any atom is -0.307 e. The van der Waals surface area contributed by atoms with Crippen LogP contribution in [0.4, 0.5) is 0 Å². The normalized spacial score (nSPS) is 11.5. The average molecular weight is 223 g/mol. The van der Waals surface area contributed by atoms with Crippen LogP contribution in [0, 0.1) is 0 Å². The molecule has 2 heteroatoms. The summed E-state index contributed by atoms with van der Waals surface area (Å²) in [6, 6.07) is 13.9. The van der Waals surface area contributed by atoms with E-state index in [1.807, 2.05) is 57.2 Å². The highest BCUT2D eigenvalue weighted by atomic mass is 16.1. The van der Waals surface area contributed by atoms with Crippen molar-refractivity contribution >= 4 is 23.7 Å². The van der Waals surface area contributed by atoms with Crippen molar-refractivity contribution < 1.29 is 4.79 Å². The molecule has 0 bridgehead atoms. The van der Waals surface area contributed by atoms with Crippen molar-refractivity contribution in [2.24, 2.45) is 0 Å². The van der Waals surface area contributed by atoms with Crippen LogP contribution < -0.4 is 0 Å². The third-order valence-corrected chi connectivity index (χ3v) is 2.60. The summed E-state index contributed by atoms with van der Waals surface area (Å²) >= 11 is 0. The van der Waals surface area contributed by atoms with Gasteiger partial charge in [-0.15, -0.1) is 0 Å². The monoisotopic (exact) mass is 223 g/mol. The van der Waals surface area contributed by atoms with Crippen molar-refractivity contribution in [3.05, 3.63) is 48.0 Å². The van der Waals surface area contributed by atoms with Crippen LogP contribution in [0.3, 0.4) is 0 Å². The van der Waals surface area contributed by atoms with E-state index in [9.17, 15) is 4.79 Å². The number of carbonyl (C=O) groups is 1. The Balaban J connectivity index is 2.33. The molecular weight excluding hydrogens is 207 g/mol. The molecule has 0 N–H and O–H groups in total. The number of fused-ring (bicyclic) bond motifs is 1. The first-order valence-electron chi connectivity index (χ1n) is 5.85. The summed E-state index contributed by atoms with van der Waals surface area (Å²) in [5.74, 6) is 0. The highest BCUT2D eigenvalue weighted by molar-refractivity contribution is 6.79. The maximum absolute atomic E-state index is 12.0. The van der Waals surface area contributed by atoms with Gasteiger partial charge in [-0.1, -0.05) is 62.5 Å². The SMILES string of the molecule is CC(C)(C)[B]C(=O)c1ccc2ccccc2c1. The van der Waals surface area contributed by atoms with Crippen molar-refractivity contribution in [3.8, 4) is 0 Å². The van der Waals surface area contributed by atoms with E-state index in [-0.39, 0.29) is 11.0 Å². The van der Waals surface area contributed by atoms with Gasteiger partial charge in [0.05, 0.1) is 0 Å². The summed E-state index contributed by atoms with van der Waals surface area (Å²) in [6.45, 7) is 6.10. The lowest BCUT2D eigenvalue weighted by Crippen LogP contribution is -2.19. The summed E-state index contributed by atoms with van der Waals surface area (Å²) in [7, 11) is 1.77. The van der Waals surface area contributed by atoms with Gasteiger partial charge in [-0.25, -0.2) is 0 Å². The molecule has 0 heterocycles. The standard InChI is InChI=1S/C15H16BO/c1-15(2,3)16-14(17)13-9-8-11-6-4-5-7-12(11)10-13/h4-10H,1-3H3. The largest absolute Gasteiger partial charge is 0.307 e. The molecule has 0 atom stereocenters. The van der Waals surface area contributed by atoms with Crippen molar-refractivity contribution in [1.29, 1.82) is 0 Å². The van der Waals surface area contributed by atoms with Crippen LogP contribution in [0.5, 0.6) is 0 Å². The lowest BCUT2D eigenvalue weighted by molar-refractivity contribution is 0.107. The van der Waals surface area contributed by atoms with Gasteiger partial charge >= 0.3 is 0 Å². The summed E-state index contributed by atoms with van der Waals surface area (Å²) in [4.78, 5) is 12.0. The first kappa shape index (κ1) is 11.9. The molecule has 0 unspecified atom stereocenters.